The smallest absolute Gasteiger partial charge is 0.415 e. The van der Waals surface area contributed by atoms with Crippen molar-refractivity contribution in [2.24, 2.45) is 5.92 Å². The summed E-state index contributed by atoms with van der Waals surface area (Å²) in [6.45, 7) is 5.02. The van der Waals surface area contributed by atoms with E-state index in [2.05, 4.69) is 32.8 Å². The largest absolute Gasteiger partial charge is 0.491 e. The minimum atomic E-state index is -0.331. The van der Waals surface area contributed by atoms with Gasteiger partial charge in [0.05, 0.1) is 25.3 Å². The van der Waals surface area contributed by atoms with E-state index in [0.29, 0.717) is 32.0 Å². The van der Waals surface area contributed by atoms with Gasteiger partial charge < -0.3 is 24.1 Å². The van der Waals surface area contributed by atoms with Gasteiger partial charge in [-0.05, 0) is 37.8 Å². The van der Waals surface area contributed by atoms with Crippen molar-refractivity contribution < 1.29 is 23.8 Å². The number of carbonyl (C=O) groups is 2. The van der Waals surface area contributed by atoms with Crippen LogP contribution in [0.3, 0.4) is 0 Å². The molecule has 166 valence electrons. The normalized spacial score (nSPS) is 19.5. The lowest BCUT2D eigenvalue weighted by atomic mass is 9.85. The molecule has 9 nitrogen and oxygen atoms in total. The van der Waals surface area contributed by atoms with Crippen LogP contribution in [0.5, 0.6) is 5.75 Å². The molecule has 0 spiro atoms. The molecule has 2 aromatic rings. The van der Waals surface area contributed by atoms with E-state index in [9.17, 15) is 4.79 Å². The van der Waals surface area contributed by atoms with Crippen molar-refractivity contribution in [1.82, 2.24) is 9.55 Å². The maximum atomic E-state index is 12.0. The van der Waals surface area contributed by atoms with Crippen LogP contribution in [0.2, 0.25) is 0 Å². The molecule has 9 heteroatoms. The van der Waals surface area contributed by atoms with E-state index in [0.717, 1.165) is 35.3 Å². The van der Waals surface area contributed by atoms with Crippen LogP contribution < -0.4 is 15.0 Å². The predicted molar refractivity (Wildman–Crippen MR) is 115 cm³/mol. The summed E-state index contributed by atoms with van der Waals surface area (Å²) in [6, 6.07) is 6.19. The molecule has 1 atom stereocenters. The number of benzene rings is 1. The van der Waals surface area contributed by atoms with Gasteiger partial charge in [0.1, 0.15) is 24.8 Å². The number of hydrogen-bond donors (Lipinski definition) is 1. The Morgan fingerprint density at radius 1 is 1.32 bits per heavy atom. The first kappa shape index (κ1) is 21.0. The quantitative estimate of drug-likeness (QED) is 0.730. The summed E-state index contributed by atoms with van der Waals surface area (Å²) in [5.74, 6) is 3.10. The monoisotopic (exact) mass is 428 g/mol. The van der Waals surface area contributed by atoms with E-state index in [-0.39, 0.29) is 12.1 Å². The van der Waals surface area contributed by atoms with Gasteiger partial charge in [0.15, 0.2) is 5.82 Å². The molecule has 0 bridgehead atoms. The Labute approximate surface area is 181 Å². The molecule has 1 aromatic carbocycles. The highest BCUT2D eigenvalue weighted by atomic mass is 16.6. The third-order valence-electron chi connectivity index (χ3n) is 5.82. The number of cyclic esters (lactones) is 1. The minimum absolute atomic E-state index is 0.00885. The van der Waals surface area contributed by atoms with Crippen LogP contribution in [0.4, 0.5) is 16.3 Å². The summed E-state index contributed by atoms with van der Waals surface area (Å²) in [7, 11) is 1.31. The number of fused-ring (bicyclic) bond motifs is 3. The van der Waals surface area contributed by atoms with Crippen molar-refractivity contribution in [3.8, 4) is 17.1 Å². The summed E-state index contributed by atoms with van der Waals surface area (Å²) in [5, 5.41) is 3.53. The van der Waals surface area contributed by atoms with Gasteiger partial charge in [-0.25, -0.2) is 9.78 Å². The molecule has 5 rings (SSSR count). The van der Waals surface area contributed by atoms with Crippen LogP contribution in [0.25, 0.3) is 11.4 Å². The van der Waals surface area contributed by atoms with E-state index in [1.807, 2.05) is 13.1 Å². The molecule has 2 fully saturated rings. The van der Waals surface area contributed by atoms with E-state index in [1.54, 1.807) is 4.90 Å². The number of methoxy groups -OCH3 is 1. The molecular weight excluding hydrogens is 400 g/mol. The van der Waals surface area contributed by atoms with Gasteiger partial charge in [-0.15, -0.1) is 0 Å². The summed E-state index contributed by atoms with van der Waals surface area (Å²) in [4.78, 5) is 27.4. The Morgan fingerprint density at radius 2 is 2.13 bits per heavy atom. The van der Waals surface area contributed by atoms with Crippen LogP contribution in [0, 0.1) is 5.92 Å². The van der Waals surface area contributed by atoms with Crippen LogP contribution in [0.15, 0.2) is 24.4 Å². The second-order valence-corrected chi connectivity index (χ2v) is 7.98. The van der Waals surface area contributed by atoms with Crippen molar-refractivity contribution >= 4 is 24.1 Å². The zero-order valence-corrected chi connectivity index (χ0v) is 17.9. The molecule has 1 saturated heterocycles. The maximum Gasteiger partial charge on any atom is 0.415 e. The third-order valence-corrected chi connectivity index (χ3v) is 5.82. The summed E-state index contributed by atoms with van der Waals surface area (Å²) < 4.78 is 17.0. The predicted octanol–water partition coefficient (Wildman–Crippen LogP) is 3.29. The van der Waals surface area contributed by atoms with Crippen molar-refractivity contribution in [2.45, 2.75) is 38.8 Å². The molecule has 2 aliphatic heterocycles. The molecule has 3 heterocycles. The average molecular weight is 428 g/mol. The van der Waals surface area contributed by atoms with E-state index in [1.165, 1.54) is 26.4 Å². The summed E-state index contributed by atoms with van der Waals surface area (Å²) >= 11 is 0. The van der Waals surface area contributed by atoms with Gasteiger partial charge in [0, 0.05) is 24.5 Å². The first-order valence-corrected chi connectivity index (χ1v) is 10.6. The molecule has 1 saturated carbocycles. The van der Waals surface area contributed by atoms with E-state index in [4.69, 9.17) is 19.3 Å². The number of rotatable bonds is 5. The van der Waals surface area contributed by atoms with Crippen LogP contribution >= 0.6 is 0 Å². The molecule has 1 aromatic heterocycles. The first-order chi connectivity index (χ1) is 15.1. The molecule has 1 N–H and O–H groups in total. The standard InChI is InChI=1S/C20H24N4O3.C2H4O2/c1-13-12-27-20(25)24(13)18-11-23-7-8-26-17-9-15(21-10-14-3-2-4-14)5-6-16(17)19(23)22-18;1-4-2-3/h5-6,9,11,13-14,21H,2-4,7-8,10,12H2,1H3;2H,1H3. The zero-order valence-electron chi connectivity index (χ0n) is 17.9. The number of nitrogens with zero attached hydrogens (tertiary/aromatic N) is 3. The fourth-order valence-electron chi connectivity index (χ4n) is 3.89. The van der Waals surface area contributed by atoms with Crippen LogP contribution in [-0.2, 0) is 20.8 Å². The number of ether oxygens (including phenoxy) is 3. The third kappa shape index (κ3) is 4.45. The number of aromatic nitrogens is 2. The Balaban J connectivity index is 0.000000535. The number of anilines is 2. The topological polar surface area (TPSA) is 94.9 Å². The first-order valence-electron chi connectivity index (χ1n) is 10.6. The molecule has 0 radical (unpaired) electrons. The summed E-state index contributed by atoms with van der Waals surface area (Å²) in [5.41, 5.74) is 2.03. The van der Waals surface area contributed by atoms with Gasteiger partial charge in [-0.2, -0.15) is 0 Å². The van der Waals surface area contributed by atoms with Gasteiger partial charge in [0.25, 0.3) is 6.47 Å². The molecule has 3 aliphatic rings. The van der Waals surface area contributed by atoms with Crippen molar-refractivity contribution in [3.05, 3.63) is 24.4 Å². The number of amides is 1. The van der Waals surface area contributed by atoms with Gasteiger partial charge in [-0.3, -0.25) is 9.69 Å². The van der Waals surface area contributed by atoms with Crippen LogP contribution in [-0.4, -0.2) is 55.0 Å². The zero-order chi connectivity index (χ0) is 21.8. The van der Waals surface area contributed by atoms with E-state index >= 15 is 0 Å². The van der Waals surface area contributed by atoms with Crippen LogP contribution in [0.1, 0.15) is 26.2 Å². The molecule has 1 aliphatic carbocycles. The van der Waals surface area contributed by atoms with Gasteiger partial charge >= 0.3 is 6.09 Å². The van der Waals surface area contributed by atoms with Crippen molar-refractivity contribution in [1.29, 1.82) is 0 Å². The highest BCUT2D eigenvalue weighted by Gasteiger charge is 2.34. The molecule has 1 unspecified atom stereocenters. The maximum absolute atomic E-state index is 12.0. The van der Waals surface area contributed by atoms with Gasteiger partial charge in [-0.1, -0.05) is 6.42 Å². The number of carbonyl (C=O) groups excluding carboxylic acids is 2. The highest BCUT2D eigenvalue weighted by molar-refractivity contribution is 5.89. The molecule has 31 heavy (non-hydrogen) atoms. The van der Waals surface area contributed by atoms with Crippen molar-refractivity contribution in [2.75, 3.05) is 37.1 Å². The second kappa shape index (κ2) is 9.28. The average Bonchev–Trinajstić information content (AvgIpc) is 3.24. The lowest BCUT2D eigenvalue weighted by Gasteiger charge is -2.26. The van der Waals surface area contributed by atoms with Crippen molar-refractivity contribution in [3.63, 3.8) is 0 Å². The van der Waals surface area contributed by atoms with Gasteiger partial charge in [0.2, 0.25) is 0 Å². The lowest BCUT2D eigenvalue weighted by molar-refractivity contribution is -0.126. The Morgan fingerprint density at radius 3 is 2.77 bits per heavy atom. The number of hydrogen-bond acceptors (Lipinski definition) is 7. The fraction of sp³-hybridized carbons (Fsp3) is 0.500. The Kier molecular flexibility index (Phi) is 6.29. The Hall–Kier alpha value is -3.23. The summed E-state index contributed by atoms with van der Waals surface area (Å²) in [6.07, 6.45) is 5.59. The molecular formula is C22H28N4O5. The number of imidazole rings is 1. The molecule has 1 amide bonds. The Bertz CT molecular complexity index is 940. The SMILES string of the molecule is CC1COC(=O)N1c1cn2c(n1)-c1ccc(NCC3CCC3)cc1OCC2.COC=O. The second-order valence-electron chi connectivity index (χ2n) is 7.98. The lowest BCUT2D eigenvalue weighted by Crippen LogP contribution is -2.31. The number of nitrogens with one attached hydrogen (secondary N) is 1. The fourth-order valence-corrected chi connectivity index (χ4v) is 3.89. The van der Waals surface area contributed by atoms with E-state index < -0.39 is 0 Å². The highest BCUT2D eigenvalue weighted by Crippen LogP contribution is 2.36. The minimum Gasteiger partial charge on any atom is -0.491 e.